The summed E-state index contributed by atoms with van der Waals surface area (Å²) < 4.78 is 0.801. The van der Waals surface area contributed by atoms with Crippen LogP contribution in [-0.4, -0.2) is 49.0 Å². The molecule has 0 atom stereocenters. The van der Waals surface area contributed by atoms with Crippen molar-refractivity contribution in [1.82, 2.24) is 15.2 Å². The molecule has 0 aromatic carbocycles. The summed E-state index contributed by atoms with van der Waals surface area (Å²) in [4.78, 5) is 18.6. The van der Waals surface area contributed by atoms with E-state index in [4.69, 9.17) is 0 Å². The Morgan fingerprint density at radius 3 is 2.80 bits per heavy atom. The van der Waals surface area contributed by atoms with Gasteiger partial charge in [0, 0.05) is 30.3 Å². The first kappa shape index (κ1) is 16.9. The number of pyridine rings is 1. The Kier molecular flexibility index (Phi) is 7.54. The fourth-order valence-electron chi connectivity index (χ4n) is 1.61. The minimum absolute atomic E-state index is 0.0955. The van der Waals surface area contributed by atoms with Crippen LogP contribution in [0.2, 0.25) is 0 Å². The van der Waals surface area contributed by atoms with Gasteiger partial charge in [-0.25, -0.2) is 4.98 Å². The van der Waals surface area contributed by atoms with Gasteiger partial charge in [-0.05, 0) is 42.0 Å². The number of nitrogens with zero attached hydrogens (tertiary/aromatic N) is 2. The highest BCUT2D eigenvalue weighted by Crippen LogP contribution is 2.18. The van der Waals surface area contributed by atoms with Gasteiger partial charge in [0.05, 0.1) is 5.56 Å². The fraction of sp³-hybridized carbons (Fsp3) is 0.571. The van der Waals surface area contributed by atoms with Gasteiger partial charge in [-0.3, -0.25) is 4.79 Å². The molecule has 1 rings (SSSR count). The first-order valence-corrected chi connectivity index (χ1v) is 7.73. The number of aromatic nitrogens is 1. The molecule has 0 saturated heterocycles. The second-order valence-electron chi connectivity index (χ2n) is 4.63. The third-order valence-electron chi connectivity index (χ3n) is 2.96. The number of hydrogen-bond donors (Lipinski definition) is 2. The summed E-state index contributed by atoms with van der Waals surface area (Å²) in [6, 6.07) is 1.80. The number of carbonyl (C=O) groups excluding carboxylic acids is 1. The molecule has 0 aliphatic heterocycles. The van der Waals surface area contributed by atoms with E-state index in [0.717, 1.165) is 30.5 Å². The highest BCUT2D eigenvalue weighted by atomic mass is 79.9. The molecule has 20 heavy (non-hydrogen) atoms. The summed E-state index contributed by atoms with van der Waals surface area (Å²) in [6.45, 7) is 7.40. The molecule has 0 aliphatic rings. The Balaban J connectivity index is 2.67. The normalized spacial score (nSPS) is 10.7. The van der Waals surface area contributed by atoms with Crippen LogP contribution in [-0.2, 0) is 0 Å². The number of amides is 1. The molecular formula is C14H23BrN4O. The van der Waals surface area contributed by atoms with Crippen molar-refractivity contribution in [3.63, 3.8) is 0 Å². The van der Waals surface area contributed by atoms with E-state index < -0.39 is 0 Å². The van der Waals surface area contributed by atoms with Gasteiger partial charge in [0.15, 0.2) is 0 Å². The maximum Gasteiger partial charge on any atom is 0.255 e. The molecule has 0 saturated carbocycles. The zero-order valence-corrected chi connectivity index (χ0v) is 14.0. The Bertz CT molecular complexity index is 439. The van der Waals surface area contributed by atoms with Crippen molar-refractivity contribution < 1.29 is 4.79 Å². The summed E-state index contributed by atoms with van der Waals surface area (Å²) >= 11 is 3.36. The van der Waals surface area contributed by atoms with Crippen LogP contribution in [0.5, 0.6) is 0 Å². The molecule has 0 fully saturated rings. The van der Waals surface area contributed by atoms with Crippen molar-refractivity contribution >= 4 is 27.7 Å². The molecule has 1 aromatic rings. The number of rotatable bonds is 8. The van der Waals surface area contributed by atoms with Gasteiger partial charge in [-0.1, -0.05) is 13.8 Å². The van der Waals surface area contributed by atoms with Gasteiger partial charge in [-0.15, -0.1) is 0 Å². The lowest BCUT2D eigenvalue weighted by Crippen LogP contribution is -2.33. The van der Waals surface area contributed by atoms with Crippen LogP contribution in [0, 0.1) is 0 Å². The SMILES string of the molecule is CCCNc1ncc(Br)cc1C(=O)NCCN(C)CC. The molecule has 0 unspecified atom stereocenters. The molecular weight excluding hydrogens is 320 g/mol. The van der Waals surface area contributed by atoms with Crippen LogP contribution < -0.4 is 10.6 Å². The molecule has 0 spiro atoms. The molecule has 0 radical (unpaired) electrons. The van der Waals surface area contributed by atoms with E-state index in [1.54, 1.807) is 12.3 Å². The van der Waals surface area contributed by atoms with E-state index in [9.17, 15) is 4.79 Å². The van der Waals surface area contributed by atoms with Gasteiger partial charge in [0.2, 0.25) is 0 Å². The van der Waals surface area contributed by atoms with Crippen molar-refractivity contribution in [2.75, 3.05) is 38.5 Å². The molecule has 1 amide bonds. The number of nitrogens with one attached hydrogen (secondary N) is 2. The molecule has 5 nitrogen and oxygen atoms in total. The zero-order chi connectivity index (χ0) is 15.0. The third kappa shape index (κ3) is 5.46. The van der Waals surface area contributed by atoms with Crippen LogP contribution in [0.3, 0.4) is 0 Å². The second kappa shape index (κ2) is 8.92. The van der Waals surface area contributed by atoms with Crippen molar-refractivity contribution in [2.24, 2.45) is 0 Å². The van der Waals surface area contributed by atoms with Crippen molar-refractivity contribution in [3.8, 4) is 0 Å². The Morgan fingerprint density at radius 1 is 1.40 bits per heavy atom. The fourth-order valence-corrected chi connectivity index (χ4v) is 1.94. The molecule has 2 N–H and O–H groups in total. The van der Waals surface area contributed by atoms with Crippen LogP contribution in [0.15, 0.2) is 16.7 Å². The predicted molar refractivity (Wildman–Crippen MR) is 86.2 cm³/mol. The number of carbonyl (C=O) groups is 1. The first-order valence-electron chi connectivity index (χ1n) is 6.94. The van der Waals surface area contributed by atoms with Crippen LogP contribution >= 0.6 is 15.9 Å². The largest absolute Gasteiger partial charge is 0.369 e. The molecule has 6 heteroatoms. The van der Waals surface area contributed by atoms with E-state index in [0.29, 0.717) is 17.9 Å². The quantitative estimate of drug-likeness (QED) is 0.761. The first-order chi connectivity index (χ1) is 9.58. The number of hydrogen-bond acceptors (Lipinski definition) is 4. The summed E-state index contributed by atoms with van der Waals surface area (Å²) in [5.41, 5.74) is 0.576. The summed E-state index contributed by atoms with van der Waals surface area (Å²) in [5, 5.41) is 6.11. The Morgan fingerprint density at radius 2 is 2.15 bits per heavy atom. The minimum Gasteiger partial charge on any atom is -0.369 e. The number of likely N-dealkylation sites (N-methyl/N-ethyl adjacent to an activating group) is 1. The molecule has 112 valence electrons. The molecule has 0 bridgehead atoms. The van der Waals surface area contributed by atoms with Crippen molar-refractivity contribution in [1.29, 1.82) is 0 Å². The average molecular weight is 343 g/mol. The number of halogens is 1. The minimum atomic E-state index is -0.0955. The monoisotopic (exact) mass is 342 g/mol. The maximum atomic E-state index is 12.2. The third-order valence-corrected chi connectivity index (χ3v) is 3.39. The van der Waals surface area contributed by atoms with Crippen LogP contribution in [0.4, 0.5) is 5.82 Å². The van der Waals surface area contributed by atoms with Crippen LogP contribution in [0.25, 0.3) is 0 Å². The van der Waals surface area contributed by atoms with Gasteiger partial charge in [-0.2, -0.15) is 0 Å². The topological polar surface area (TPSA) is 57.3 Å². The average Bonchev–Trinajstić information content (AvgIpc) is 2.45. The van der Waals surface area contributed by atoms with E-state index in [2.05, 4.69) is 50.3 Å². The lowest BCUT2D eigenvalue weighted by Gasteiger charge is -2.15. The lowest BCUT2D eigenvalue weighted by atomic mass is 10.2. The van der Waals surface area contributed by atoms with Crippen molar-refractivity contribution in [3.05, 3.63) is 22.3 Å². The van der Waals surface area contributed by atoms with Gasteiger partial charge in [0.25, 0.3) is 5.91 Å². The van der Waals surface area contributed by atoms with E-state index >= 15 is 0 Å². The van der Waals surface area contributed by atoms with E-state index in [1.807, 2.05) is 7.05 Å². The zero-order valence-electron chi connectivity index (χ0n) is 12.4. The molecule has 0 aliphatic carbocycles. The van der Waals surface area contributed by atoms with E-state index in [-0.39, 0.29) is 5.91 Å². The van der Waals surface area contributed by atoms with Crippen molar-refractivity contribution in [2.45, 2.75) is 20.3 Å². The highest BCUT2D eigenvalue weighted by molar-refractivity contribution is 9.10. The van der Waals surface area contributed by atoms with E-state index in [1.165, 1.54) is 0 Å². The lowest BCUT2D eigenvalue weighted by molar-refractivity contribution is 0.0950. The molecule has 1 heterocycles. The Hall–Kier alpha value is -1.14. The van der Waals surface area contributed by atoms with Gasteiger partial charge in [0.1, 0.15) is 5.82 Å². The van der Waals surface area contributed by atoms with Gasteiger partial charge >= 0.3 is 0 Å². The summed E-state index contributed by atoms with van der Waals surface area (Å²) in [7, 11) is 2.03. The summed E-state index contributed by atoms with van der Waals surface area (Å²) in [5.74, 6) is 0.540. The standard InChI is InChI=1S/C14H23BrN4O/c1-4-6-16-13-12(9-11(15)10-18-13)14(20)17-7-8-19(3)5-2/h9-10H,4-8H2,1-3H3,(H,16,18)(H,17,20). The maximum absolute atomic E-state index is 12.2. The highest BCUT2D eigenvalue weighted by Gasteiger charge is 2.13. The Labute approximate surface area is 129 Å². The van der Waals surface area contributed by atoms with Crippen LogP contribution in [0.1, 0.15) is 30.6 Å². The number of anilines is 1. The second-order valence-corrected chi connectivity index (χ2v) is 5.54. The van der Waals surface area contributed by atoms with Gasteiger partial charge < -0.3 is 15.5 Å². The molecule has 1 aromatic heterocycles. The smallest absolute Gasteiger partial charge is 0.255 e. The summed E-state index contributed by atoms with van der Waals surface area (Å²) in [6.07, 6.45) is 2.68. The predicted octanol–water partition coefficient (Wildman–Crippen LogP) is 2.35.